The van der Waals surface area contributed by atoms with Gasteiger partial charge in [0.25, 0.3) is 0 Å². The van der Waals surface area contributed by atoms with Gasteiger partial charge in [-0.05, 0) is 31.1 Å². The van der Waals surface area contributed by atoms with Gasteiger partial charge < -0.3 is 16.0 Å². The largest absolute Gasteiger partial charge is 0.399 e. The Morgan fingerprint density at radius 2 is 1.90 bits per heavy atom. The third kappa shape index (κ3) is 2.04. The lowest BCUT2D eigenvalue weighted by molar-refractivity contribution is -0.918. The van der Waals surface area contributed by atoms with E-state index in [1.807, 2.05) is 0 Å². The molecule has 29 heavy (non-hydrogen) atoms. The molecule has 1 aromatic rings. The van der Waals surface area contributed by atoms with Crippen molar-refractivity contribution in [1.82, 2.24) is 0 Å². The molecule has 1 spiro atoms. The first-order chi connectivity index (χ1) is 13.9. The van der Waals surface area contributed by atoms with Crippen molar-refractivity contribution in [2.45, 2.75) is 31.7 Å². The van der Waals surface area contributed by atoms with Crippen molar-refractivity contribution in [3.8, 4) is 18.2 Å². The Hall–Kier alpha value is -3.60. The summed E-state index contributed by atoms with van der Waals surface area (Å²) in [7, 11) is 0. The second-order valence-electron chi connectivity index (χ2n) is 8.07. The predicted octanol–water partition coefficient (Wildman–Crippen LogP) is 0.654. The standard InChI is InChI=1S/C22H20N6O/c1-13(2)28-8-7-14-15(9-23)19(26)21(11-24,12-25)22(17(14)10-28)16-5-3-4-6-18(16)27-20(22)29/h3-6,13H,7-8,10,26H2,1-2H3,(H,27,29)/p+1. The van der Waals surface area contributed by atoms with Gasteiger partial charge in [0, 0.05) is 17.7 Å². The summed E-state index contributed by atoms with van der Waals surface area (Å²) in [6.45, 7) is 5.45. The van der Waals surface area contributed by atoms with Crippen molar-refractivity contribution in [3.63, 3.8) is 0 Å². The van der Waals surface area contributed by atoms with E-state index in [1.54, 1.807) is 24.3 Å². The topological polar surface area (TPSA) is 131 Å². The van der Waals surface area contributed by atoms with E-state index in [1.165, 1.54) is 4.90 Å². The normalized spacial score (nSPS) is 27.0. The summed E-state index contributed by atoms with van der Waals surface area (Å²) in [5, 5.41) is 33.2. The minimum Gasteiger partial charge on any atom is -0.399 e. The van der Waals surface area contributed by atoms with Crippen molar-refractivity contribution in [2.75, 3.05) is 18.4 Å². The van der Waals surface area contributed by atoms with E-state index >= 15 is 0 Å². The average molecular weight is 385 g/mol. The molecule has 2 unspecified atom stereocenters. The minimum atomic E-state index is -1.99. The van der Waals surface area contributed by atoms with Crippen LogP contribution >= 0.6 is 0 Å². The smallest absolute Gasteiger partial charge is 0.242 e. The van der Waals surface area contributed by atoms with Gasteiger partial charge in [-0.15, -0.1) is 0 Å². The molecule has 0 radical (unpaired) electrons. The van der Waals surface area contributed by atoms with Crippen LogP contribution in [0.4, 0.5) is 5.69 Å². The molecule has 0 saturated heterocycles. The zero-order valence-corrected chi connectivity index (χ0v) is 16.3. The molecule has 4 N–H and O–H groups in total. The van der Waals surface area contributed by atoms with E-state index in [0.717, 1.165) is 6.54 Å². The van der Waals surface area contributed by atoms with Gasteiger partial charge in [-0.25, -0.2) is 0 Å². The van der Waals surface area contributed by atoms with Crippen LogP contribution in [-0.4, -0.2) is 25.0 Å². The molecule has 1 aromatic carbocycles. The van der Waals surface area contributed by atoms with Gasteiger partial charge in [0.15, 0.2) is 0 Å². The molecule has 144 valence electrons. The highest BCUT2D eigenvalue weighted by atomic mass is 16.2. The highest BCUT2D eigenvalue weighted by molar-refractivity contribution is 6.11. The summed E-state index contributed by atoms with van der Waals surface area (Å²) in [4.78, 5) is 14.8. The summed E-state index contributed by atoms with van der Waals surface area (Å²) < 4.78 is 0. The lowest BCUT2D eigenvalue weighted by Crippen LogP contribution is -3.16. The van der Waals surface area contributed by atoms with Gasteiger partial charge in [-0.3, -0.25) is 4.79 Å². The number of carbonyl (C=O) groups excluding carboxylic acids is 1. The number of allylic oxidation sites excluding steroid dienone is 2. The number of nitrogens with two attached hydrogens (primary N) is 1. The fraction of sp³-hybridized carbons (Fsp3) is 0.364. The maximum absolute atomic E-state index is 13.6. The molecule has 1 amide bonds. The van der Waals surface area contributed by atoms with Crippen LogP contribution in [0.15, 0.2) is 46.7 Å². The minimum absolute atomic E-state index is 0.122. The second kappa shape index (κ2) is 6.21. The molecular weight excluding hydrogens is 364 g/mol. The van der Waals surface area contributed by atoms with Gasteiger partial charge in [-0.1, -0.05) is 18.2 Å². The number of benzene rings is 1. The SMILES string of the molecule is CC(C)[NH+]1CCC2=C(C1)C1(C(=O)Nc3ccccc31)C(C#N)(C#N)C(N)=C2C#N. The summed E-state index contributed by atoms with van der Waals surface area (Å²) in [6.07, 6.45) is 0.566. The second-order valence-corrected chi connectivity index (χ2v) is 8.07. The molecule has 1 aliphatic carbocycles. The molecule has 2 heterocycles. The molecule has 7 heteroatoms. The Balaban J connectivity index is 2.16. The van der Waals surface area contributed by atoms with E-state index in [4.69, 9.17) is 5.73 Å². The number of hydrogen-bond donors (Lipinski definition) is 3. The van der Waals surface area contributed by atoms with E-state index in [-0.39, 0.29) is 17.3 Å². The molecule has 3 aliphatic rings. The number of fused-ring (bicyclic) bond motifs is 3. The lowest BCUT2D eigenvalue weighted by Gasteiger charge is -2.47. The molecule has 0 aromatic heterocycles. The summed E-state index contributed by atoms with van der Waals surface area (Å²) in [5.74, 6) is -0.431. The quantitative estimate of drug-likeness (QED) is 0.653. The number of nitriles is 3. The molecule has 2 aliphatic heterocycles. The number of rotatable bonds is 1. The Morgan fingerprint density at radius 3 is 2.52 bits per heavy atom. The van der Waals surface area contributed by atoms with Gasteiger partial charge in [-0.2, -0.15) is 15.8 Å². The number of hydrogen-bond acceptors (Lipinski definition) is 5. The molecule has 7 nitrogen and oxygen atoms in total. The summed E-state index contributed by atoms with van der Waals surface area (Å²) >= 11 is 0. The highest BCUT2D eigenvalue weighted by Gasteiger charge is 2.69. The van der Waals surface area contributed by atoms with Crippen molar-refractivity contribution in [1.29, 1.82) is 15.8 Å². The molecular formula is C22H21N6O+. The first-order valence-electron chi connectivity index (χ1n) is 9.60. The molecule has 0 saturated carbocycles. The number of carbonyl (C=O) groups is 1. The van der Waals surface area contributed by atoms with Crippen molar-refractivity contribution >= 4 is 11.6 Å². The number of nitrogens with one attached hydrogen (secondary N) is 2. The van der Waals surface area contributed by atoms with Crippen LogP contribution in [0.2, 0.25) is 0 Å². The maximum Gasteiger partial charge on any atom is 0.242 e. The van der Waals surface area contributed by atoms with Crippen LogP contribution < -0.4 is 16.0 Å². The number of para-hydroxylation sites is 1. The zero-order chi connectivity index (χ0) is 21.0. The lowest BCUT2D eigenvalue weighted by atomic mass is 9.51. The molecule has 2 atom stereocenters. The van der Waals surface area contributed by atoms with Crippen LogP contribution in [-0.2, 0) is 10.2 Å². The maximum atomic E-state index is 13.6. The van der Waals surface area contributed by atoms with E-state index in [9.17, 15) is 20.6 Å². The molecule has 0 bridgehead atoms. The van der Waals surface area contributed by atoms with Crippen molar-refractivity contribution < 1.29 is 9.69 Å². The van der Waals surface area contributed by atoms with Crippen molar-refractivity contribution in [2.24, 2.45) is 11.1 Å². The van der Waals surface area contributed by atoms with Crippen LogP contribution in [0.5, 0.6) is 0 Å². The van der Waals surface area contributed by atoms with Crippen LogP contribution in [0.25, 0.3) is 0 Å². The Labute approximate surface area is 169 Å². The van der Waals surface area contributed by atoms with Gasteiger partial charge in [0.1, 0.15) is 18.0 Å². The van der Waals surface area contributed by atoms with Gasteiger partial charge in [0.05, 0.1) is 36.0 Å². The third-order valence-corrected chi connectivity index (χ3v) is 6.64. The average Bonchev–Trinajstić information content (AvgIpc) is 3.02. The zero-order valence-electron chi connectivity index (χ0n) is 16.3. The van der Waals surface area contributed by atoms with Gasteiger partial charge >= 0.3 is 0 Å². The van der Waals surface area contributed by atoms with Crippen LogP contribution in [0, 0.1) is 39.4 Å². The fourth-order valence-electron chi connectivity index (χ4n) is 5.13. The Morgan fingerprint density at radius 1 is 1.21 bits per heavy atom. The highest BCUT2D eigenvalue weighted by Crippen LogP contribution is 2.60. The number of amides is 1. The molecule has 0 fully saturated rings. The Bertz CT molecular complexity index is 1110. The van der Waals surface area contributed by atoms with Gasteiger partial charge in [0.2, 0.25) is 11.3 Å². The van der Waals surface area contributed by atoms with Crippen molar-refractivity contribution in [3.05, 3.63) is 52.2 Å². The number of nitrogens with zero attached hydrogens (tertiary/aromatic N) is 3. The van der Waals surface area contributed by atoms with E-state index in [0.29, 0.717) is 35.4 Å². The van der Waals surface area contributed by atoms with E-state index < -0.39 is 16.7 Å². The number of quaternary nitrogens is 1. The van der Waals surface area contributed by atoms with E-state index in [2.05, 4.69) is 37.4 Å². The fourth-order valence-corrected chi connectivity index (χ4v) is 5.13. The monoisotopic (exact) mass is 385 g/mol. The number of anilines is 1. The van der Waals surface area contributed by atoms with Crippen LogP contribution in [0.1, 0.15) is 25.8 Å². The first kappa shape index (κ1) is 18.7. The third-order valence-electron chi connectivity index (χ3n) is 6.64. The van der Waals surface area contributed by atoms with Crippen LogP contribution in [0.3, 0.4) is 0 Å². The Kier molecular flexibility index (Phi) is 4.01. The summed E-state index contributed by atoms with van der Waals surface area (Å²) in [5.41, 5.74) is 5.38. The molecule has 4 rings (SSSR count). The predicted molar refractivity (Wildman–Crippen MR) is 105 cm³/mol. The first-order valence-corrected chi connectivity index (χ1v) is 9.60. The summed E-state index contributed by atoms with van der Waals surface area (Å²) in [6, 6.07) is 13.6.